The molecule has 0 saturated carbocycles. The molecule has 7 heteroatoms. The third-order valence-electron chi connectivity index (χ3n) is 1.97. The number of amides is 1. The van der Waals surface area contributed by atoms with E-state index in [9.17, 15) is 13.2 Å². The molecule has 0 aromatic rings. The summed E-state index contributed by atoms with van der Waals surface area (Å²) in [5.74, 6) is -0.326. The molecular weight excluding hydrogens is 232 g/mol. The largest absolute Gasteiger partial charge is 0.380 e. The quantitative estimate of drug-likeness (QED) is 0.599. The van der Waals surface area contributed by atoms with Crippen molar-refractivity contribution in [2.45, 2.75) is 25.5 Å². The molecule has 0 aliphatic heterocycles. The molecule has 0 rings (SSSR count). The van der Waals surface area contributed by atoms with E-state index in [1.54, 1.807) is 6.92 Å². The summed E-state index contributed by atoms with van der Waals surface area (Å²) in [7, 11) is -1.60. The normalized spacial score (nSPS) is 15.5. The Morgan fingerprint density at radius 3 is 2.44 bits per heavy atom. The molecule has 0 aliphatic carbocycles. The first-order chi connectivity index (χ1) is 7.28. The van der Waals surface area contributed by atoms with Gasteiger partial charge in [0.1, 0.15) is 9.84 Å². The minimum atomic E-state index is -3.08. The molecule has 6 nitrogen and oxygen atoms in total. The topological polar surface area (TPSA) is 98.5 Å². The van der Waals surface area contributed by atoms with E-state index in [0.717, 1.165) is 6.26 Å². The van der Waals surface area contributed by atoms with Gasteiger partial charge in [-0.15, -0.1) is 0 Å². The molecule has 16 heavy (non-hydrogen) atoms. The summed E-state index contributed by atoms with van der Waals surface area (Å²) in [6.07, 6.45) is 0.944. The van der Waals surface area contributed by atoms with Crippen molar-refractivity contribution in [3.05, 3.63) is 0 Å². The van der Waals surface area contributed by atoms with Crippen molar-refractivity contribution in [1.29, 1.82) is 0 Å². The first kappa shape index (κ1) is 15.3. The number of rotatable bonds is 7. The summed E-state index contributed by atoms with van der Waals surface area (Å²) in [4.78, 5) is 11.4. The molecule has 2 atom stereocenters. The van der Waals surface area contributed by atoms with Crippen molar-refractivity contribution in [2.24, 2.45) is 5.73 Å². The van der Waals surface area contributed by atoms with Crippen molar-refractivity contribution in [3.8, 4) is 0 Å². The molecule has 0 heterocycles. The minimum Gasteiger partial charge on any atom is -0.380 e. The van der Waals surface area contributed by atoms with Gasteiger partial charge >= 0.3 is 0 Å². The van der Waals surface area contributed by atoms with Crippen LogP contribution in [0.25, 0.3) is 0 Å². The van der Waals surface area contributed by atoms with Crippen LogP contribution in [-0.4, -0.2) is 52.1 Å². The van der Waals surface area contributed by atoms with Crippen LogP contribution in [0.2, 0.25) is 0 Å². The van der Waals surface area contributed by atoms with Gasteiger partial charge in [0.25, 0.3) is 0 Å². The van der Waals surface area contributed by atoms with Gasteiger partial charge < -0.3 is 15.8 Å². The van der Waals surface area contributed by atoms with Crippen LogP contribution in [0.3, 0.4) is 0 Å². The molecule has 0 aromatic heterocycles. The average Bonchev–Trinajstić information content (AvgIpc) is 2.10. The zero-order valence-corrected chi connectivity index (χ0v) is 10.7. The van der Waals surface area contributed by atoms with Gasteiger partial charge in [-0.3, -0.25) is 4.79 Å². The number of nitrogens with two attached hydrogens (primary N) is 1. The zero-order valence-electron chi connectivity index (χ0n) is 9.89. The molecule has 1 amide bonds. The number of sulfone groups is 1. The van der Waals surface area contributed by atoms with Crippen LogP contribution in [0.15, 0.2) is 0 Å². The Balaban J connectivity index is 4.05. The van der Waals surface area contributed by atoms with Crippen LogP contribution >= 0.6 is 0 Å². The van der Waals surface area contributed by atoms with Gasteiger partial charge in [-0.1, -0.05) is 0 Å². The fourth-order valence-electron chi connectivity index (χ4n) is 1.30. The Morgan fingerprint density at radius 1 is 1.50 bits per heavy atom. The average molecular weight is 252 g/mol. The number of hydrogen-bond acceptors (Lipinski definition) is 5. The number of nitrogens with one attached hydrogen (secondary N) is 1. The third kappa shape index (κ3) is 7.61. The van der Waals surface area contributed by atoms with Crippen LogP contribution < -0.4 is 11.1 Å². The molecule has 0 fully saturated rings. The van der Waals surface area contributed by atoms with Crippen LogP contribution in [0.1, 0.15) is 13.3 Å². The maximum absolute atomic E-state index is 11.4. The monoisotopic (exact) mass is 252 g/mol. The van der Waals surface area contributed by atoms with Gasteiger partial charge in [0.05, 0.1) is 18.3 Å². The highest BCUT2D eigenvalue weighted by Gasteiger charge is 2.16. The molecule has 3 N–H and O–H groups in total. The van der Waals surface area contributed by atoms with E-state index in [4.69, 9.17) is 10.5 Å². The summed E-state index contributed by atoms with van der Waals surface area (Å²) in [6.45, 7) is 1.90. The Bertz CT molecular complexity index is 311. The number of methoxy groups -OCH3 is 1. The lowest BCUT2D eigenvalue weighted by Gasteiger charge is -2.16. The number of hydrogen-bond donors (Lipinski definition) is 2. The highest BCUT2D eigenvalue weighted by atomic mass is 32.2. The van der Waals surface area contributed by atoms with Crippen LogP contribution in [0, 0.1) is 0 Å². The number of carbonyl (C=O) groups is 1. The summed E-state index contributed by atoms with van der Waals surface area (Å²) < 4.78 is 26.9. The van der Waals surface area contributed by atoms with Crippen LogP contribution in [-0.2, 0) is 19.4 Å². The molecule has 0 radical (unpaired) electrons. The number of ether oxygens (including phenoxy) is 1. The third-order valence-corrected chi connectivity index (χ3v) is 3.07. The molecule has 96 valence electrons. The second-order valence-corrected chi connectivity index (χ2v) is 6.04. The lowest BCUT2D eigenvalue weighted by Crippen LogP contribution is -2.40. The van der Waals surface area contributed by atoms with E-state index in [1.165, 1.54) is 7.11 Å². The van der Waals surface area contributed by atoms with E-state index in [0.29, 0.717) is 0 Å². The van der Waals surface area contributed by atoms with Gasteiger partial charge in [0.2, 0.25) is 5.91 Å². The fraction of sp³-hybridized carbons (Fsp3) is 0.889. The molecule has 0 aliphatic rings. The smallest absolute Gasteiger partial charge is 0.222 e. The second kappa shape index (κ2) is 6.82. The van der Waals surface area contributed by atoms with E-state index in [1.807, 2.05) is 0 Å². The second-order valence-electron chi connectivity index (χ2n) is 3.86. The molecule has 0 aromatic carbocycles. The Labute approximate surface area is 96.4 Å². The number of carbonyl (C=O) groups excluding carboxylic acids is 1. The highest BCUT2D eigenvalue weighted by Crippen LogP contribution is 1.97. The first-order valence-corrected chi connectivity index (χ1v) is 7.04. The molecule has 2 unspecified atom stereocenters. The van der Waals surface area contributed by atoms with Crippen molar-refractivity contribution in [1.82, 2.24) is 5.32 Å². The summed E-state index contributed by atoms with van der Waals surface area (Å²) in [5.41, 5.74) is 5.36. The maximum atomic E-state index is 11.4. The zero-order chi connectivity index (χ0) is 12.8. The first-order valence-electron chi connectivity index (χ1n) is 4.98. The predicted octanol–water partition coefficient (Wildman–Crippen LogP) is -1.10. The summed E-state index contributed by atoms with van der Waals surface area (Å²) in [6, 6.07) is -0.405. The summed E-state index contributed by atoms with van der Waals surface area (Å²) >= 11 is 0. The predicted molar refractivity (Wildman–Crippen MR) is 61.8 cm³/mol. The Kier molecular flexibility index (Phi) is 6.54. The van der Waals surface area contributed by atoms with Crippen LogP contribution in [0.5, 0.6) is 0 Å². The Hall–Kier alpha value is -0.660. The lowest BCUT2D eigenvalue weighted by atomic mass is 10.2. The maximum Gasteiger partial charge on any atom is 0.222 e. The lowest BCUT2D eigenvalue weighted by molar-refractivity contribution is -0.123. The molecule has 0 bridgehead atoms. The SMILES string of the molecule is COC(CN)CC(=O)NC(C)CS(C)(=O)=O. The standard InChI is InChI=1S/C9H20N2O4S/c1-7(6-16(3,13)14)11-9(12)4-8(5-10)15-2/h7-8H,4-6,10H2,1-3H3,(H,11,12). The van der Waals surface area contributed by atoms with Crippen molar-refractivity contribution >= 4 is 15.7 Å². The van der Waals surface area contributed by atoms with E-state index in [2.05, 4.69) is 5.32 Å². The highest BCUT2D eigenvalue weighted by molar-refractivity contribution is 7.90. The molecule has 0 spiro atoms. The van der Waals surface area contributed by atoms with Gasteiger partial charge in [-0.25, -0.2) is 8.42 Å². The van der Waals surface area contributed by atoms with Crippen molar-refractivity contribution < 1.29 is 17.9 Å². The van der Waals surface area contributed by atoms with Crippen LogP contribution in [0.4, 0.5) is 0 Å². The van der Waals surface area contributed by atoms with Crippen molar-refractivity contribution in [2.75, 3.05) is 25.7 Å². The Morgan fingerprint density at radius 2 is 2.06 bits per heavy atom. The van der Waals surface area contributed by atoms with E-state index < -0.39 is 15.9 Å². The molecular formula is C9H20N2O4S. The van der Waals surface area contributed by atoms with Gasteiger partial charge in [-0.05, 0) is 6.92 Å². The van der Waals surface area contributed by atoms with Crippen molar-refractivity contribution in [3.63, 3.8) is 0 Å². The fourth-order valence-corrected chi connectivity index (χ4v) is 2.29. The minimum absolute atomic E-state index is 0.0704. The molecule has 0 saturated heterocycles. The van der Waals surface area contributed by atoms with E-state index >= 15 is 0 Å². The van der Waals surface area contributed by atoms with E-state index in [-0.39, 0.29) is 30.7 Å². The van der Waals surface area contributed by atoms with Gasteiger partial charge in [-0.2, -0.15) is 0 Å². The van der Waals surface area contributed by atoms with Gasteiger partial charge in [0.15, 0.2) is 0 Å². The van der Waals surface area contributed by atoms with Gasteiger partial charge in [0, 0.05) is 26.0 Å². The summed E-state index contributed by atoms with van der Waals surface area (Å²) in [5, 5.41) is 2.58.